The summed E-state index contributed by atoms with van der Waals surface area (Å²) in [7, 11) is 1.87. The molecule has 0 aliphatic carbocycles. The van der Waals surface area contributed by atoms with Gasteiger partial charge in [0.25, 0.3) is 0 Å². The predicted molar refractivity (Wildman–Crippen MR) is 68.4 cm³/mol. The average Bonchev–Trinajstić information content (AvgIpc) is 2.61. The lowest BCUT2D eigenvalue weighted by Crippen LogP contribution is -1.94. The fourth-order valence-electron chi connectivity index (χ4n) is 1.22. The molecule has 2 aromatic rings. The van der Waals surface area contributed by atoms with E-state index in [2.05, 4.69) is 26.0 Å². The number of hydrogen-bond acceptors (Lipinski definition) is 4. The molecule has 0 fully saturated rings. The highest BCUT2D eigenvalue weighted by molar-refractivity contribution is 9.10. The summed E-state index contributed by atoms with van der Waals surface area (Å²) >= 11 is 5.05. The Hall–Kier alpha value is -1.01. The first-order valence-electron chi connectivity index (χ1n) is 4.65. The molecule has 2 rings (SSSR count). The fraction of sp³-hybridized carbons (Fsp3) is 0.200. The number of benzene rings is 1. The number of hydrogen-bond donors (Lipinski definition) is 1. The zero-order chi connectivity index (χ0) is 11.7. The van der Waals surface area contributed by atoms with Crippen LogP contribution in [0.2, 0.25) is 0 Å². The van der Waals surface area contributed by atoms with E-state index in [1.165, 1.54) is 0 Å². The molecule has 0 aliphatic rings. The Morgan fingerprint density at radius 1 is 1.44 bits per heavy atom. The van der Waals surface area contributed by atoms with Gasteiger partial charge in [-0.05, 0) is 52.3 Å². The maximum absolute atomic E-state index is 5.82. The molecule has 0 radical (unpaired) electrons. The normalized spacial score (nSPS) is 10.7. The quantitative estimate of drug-likeness (QED) is 0.866. The SMILES string of the molecule is Cc1cc(Sc2ncnn2C)c(Br)cc1N. The molecule has 1 aromatic heterocycles. The van der Waals surface area contributed by atoms with Gasteiger partial charge in [0.1, 0.15) is 6.33 Å². The predicted octanol–water partition coefficient (Wildman–Crippen LogP) is 2.62. The van der Waals surface area contributed by atoms with Gasteiger partial charge >= 0.3 is 0 Å². The second-order valence-corrected chi connectivity index (χ2v) is 5.27. The molecule has 0 aliphatic heterocycles. The summed E-state index contributed by atoms with van der Waals surface area (Å²) in [6.45, 7) is 1.99. The molecule has 0 unspecified atom stereocenters. The molecule has 1 aromatic carbocycles. The summed E-state index contributed by atoms with van der Waals surface area (Å²) in [5.74, 6) is 0. The molecule has 0 saturated carbocycles. The van der Waals surface area contributed by atoms with Crippen molar-refractivity contribution < 1.29 is 0 Å². The zero-order valence-corrected chi connectivity index (χ0v) is 11.3. The Balaban J connectivity index is 2.35. The van der Waals surface area contributed by atoms with Crippen LogP contribution in [-0.2, 0) is 7.05 Å². The molecule has 0 saturated heterocycles. The molecule has 0 spiro atoms. The van der Waals surface area contributed by atoms with E-state index in [0.29, 0.717) is 0 Å². The van der Waals surface area contributed by atoms with Crippen LogP contribution in [0.25, 0.3) is 0 Å². The summed E-state index contributed by atoms with van der Waals surface area (Å²) in [6, 6.07) is 3.95. The lowest BCUT2D eigenvalue weighted by Gasteiger charge is -2.07. The van der Waals surface area contributed by atoms with Gasteiger partial charge in [-0.3, -0.25) is 0 Å². The van der Waals surface area contributed by atoms with Gasteiger partial charge in [-0.1, -0.05) is 0 Å². The van der Waals surface area contributed by atoms with Crippen molar-refractivity contribution in [2.75, 3.05) is 5.73 Å². The van der Waals surface area contributed by atoms with Crippen molar-refractivity contribution >= 4 is 33.4 Å². The van der Waals surface area contributed by atoms with E-state index >= 15 is 0 Å². The van der Waals surface area contributed by atoms with Gasteiger partial charge in [0.2, 0.25) is 0 Å². The Morgan fingerprint density at radius 2 is 2.19 bits per heavy atom. The largest absolute Gasteiger partial charge is 0.398 e. The maximum atomic E-state index is 5.82. The molecule has 6 heteroatoms. The van der Waals surface area contributed by atoms with E-state index in [0.717, 1.165) is 25.8 Å². The molecule has 1 heterocycles. The van der Waals surface area contributed by atoms with Gasteiger partial charge < -0.3 is 5.73 Å². The number of anilines is 1. The first kappa shape index (κ1) is 11.5. The van der Waals surface area contributed by atoms with Crippen molar-refractivity contribution in [1.82, 2.24) is 14.8 Å². The van der Waals surface area contributed by atoms with E-state index < -0.39 is 0 Å². The number of nitrogens with two attached hydrogens (primary N) is 1. The topological polar surface area (TPSA) is 56.7 Å². The Bertz CT molecular complexity index is 524. The third-order valence-corrected chi connectivity index (χ3v) is 4.22. The van der Waals surface area contributed by atoms with Gasteiger partial charge in [0.05, 0.1) is 0 Å². The van der Waals surface area contributed by atoms with Crippen molar-refractivity contribution in [3.63, 3.8) is 0 Å². The fourth-order valence-corrected chi connectivity index (χ4v) is 2.70. The molecule has 4 nitrogen and oxygen atoms in total. The van der Waals surface area contributed by atoms with Crippen LogP contribution in [-0.4, -0.2) is 14.8 Å². The Morgan fingerprint density at radius 3 is 2.81 bits per heavy atom. The molecular weight excluding hydrogens is 288 g/mol. The lowest BCUT2D eigenvalue weighted by atomic mass is 10.2. The number of aryl methyl sites for hydroxylation is 2. The summed E-state index contributed by atoms with van der Waals surface area (Å²) in [5, 5.41) is 4.88. The average molecular weight is 299 g/mol. The van der Waals surface area contributed by atoms with Crippen LogP contribution in [0.3, 0.4) is 0 Å². The number of rotatable bonds is 2. The number of halogens is 1. The van der Waals surface area contributed by atoms with E-state index in [1.807, 2.05) is 26.1 Å². The van der Waals surface area contributed by atoms with E-state index in [1.54, 1.807) is 22.8 Å². The third-order valence-electron chi connectivity index (χ3n) is 2.19. The standard InChI is InChI=1S/C10H11BrN4S/c1-6-3-9(7(11)4-8(6)12)16-10-13-5-14-15(10)2/h3-5H,12H2,1-2H3. The van der Waals surface area contributed by atoms with E-state index in [4.69, 9.17) is 5.73 Å². The number of nitrogen functional groups attached to an aromatic ring is 1. The first-order chi connectivity index (χ1) is 7.58. The summed E-state index contributed by atoms with van der Waals surface area (Å²) in [5.41, 5.74) is 7.67. The smallest absolute Gasteiger partial charge is 0.190 e. The molecule has 2 N–H and O–H groups in total. The van der Waals surface area contributed by atoms with Crippen molar-refractivity contribution in [1.29, 1.82) is 0 Å². The minimum Gasteiger partial charge on any atom is -0.398 e. The van der Waals surface area contributed by atoms with Crippen LogP contribution < -0.4 is 5.73 Å². The minimum atomic E-state index is 0.786. The van der Waals surface area contributed by atoms with Crippen molar-refractivity contribution in [3.8, 4) is 0 Å². The van der Waals surface area contributed by atoms with Gasteiger partial charge in [0, 0.05) is 22.1 Å². The van der Waals surface area contributed by atoms with Gasteiger partial charge in [-0.25, -0.2) is 9.67 Å². The van der Waals surface area contributed by atoms with Crippen LogP contribution in [0, 0.1) is 6.92 Å². The van der Waals surface area contributed by atoms with Gasteiger partial charge in [-0.15, -0.1) is 0 Å². The number of nitrogens with zero attached hydrogens (tertiary/aromatic N) is 3. The summed E-state index contributed by atoms with van der Waals surface area (Å²) in [6.07, 6.45) is 1.54. The molecule has 84 valence electrons. The number of aromatic nitrogens is 3. The van der Waals surface area contributed by atoms with Crippen LogP contribution in [0.5, 0.6) is 0 Å². The summed E-state index contributed by atoms with van der Waals surface area (Å²) < 4.78 is 2.71. The van der Waals surface area contributed by atoms with Gasteiger partial charge in [-0.2, -0.15) is 5.10 Å². The van der Waals surface area contributed by atoms with Crippen LogP contribution in [0.1, 0.15) is 5.56 Å². The van der Waals surface area contributed by atoms with Crippen molar-refractivity contribution in [3.05, 3.63) is 28.5 Å². The Labute approximate surface area is 106 Å². The highest BCUT2D eigenvalue weighted by Crippen LogP contribution is 2.34. The highest BCUT2D eigenvalue weighted by atomic mass is 79.9. The first-order valence-corrected chi connectivity index (χ1v) is 6.26. The Kier molecular flexibility index (Phi) is 3.20. The molecule has 0 amide bonds. The highest BCUT2D eigenvalue weighted by Gasteiger charge is 2.08. The maximum Gasteiger partial charge on any atom is 0.190 e. The molecule has 0 atom stereocenters. The van der Waals surface area contributed by atoms with Crippen molar-refractivity contribution in [2.24, 2.45) is 7.05 Å². The monoisotopic (exact) mass is 298 g/mol. The zero-order valence-electron chi connectivity index (χ0n) is 8.94. The lowest BCUT2D eigenvalue weighted by molar-refractivity contribution is 0.685. The van der Waals surface area contributed by atoms with E-state index in [-0.39, 0.29) is 0 Å². The molecular formula is C10H11BrN4S. The van der Waals surface area contributed by atoms with E-state index in [9.17, 15) is 0 Å². The van der Waals surface area contributed by atoms with Crippen LogP contribution in [0.4, 0.5) is 5.69 Å². The van der Waals surface area contributed by atoms with Crippen LogP contribution >= 0.6 is 27.7 Å². The molecule has 0 bridgehead atoms. The minimum absolute atomic E-state index is 0.786. The molecule has 16 heavy (non-hydrogen) atoms. The van der Waals surface area contributed by atoms with Gasteiger partial charge in [0.15, 0.2) is 5.16 Å². The third kappa shape index (κ3) is 2.22. The summed E-state index contributed by atoms with van der Waals surface area (Å²) in [4.78, 5) is 5.25. The second kappa shape index (κ2) is 4.47. The van der Waals surface area contributed by atoms with Crippen LogP contribution in [0.15, 0.2) is 33.0 Å². The van der Waals surface area contributed by atoms with Crippen molar-refractivity contribution in [2.45, 2.75) is 17.0 Å². The second-order valence-electron chi connectivity index (χ2n) is 3.41.